The molecule has 0 aliphatic heterocycles. The Morgan fingerprint density at radius 2 is 1.77 bits per heavy atom. The minimum Gasteiger partial charge on any atom is -0.492 e. The minimum atomic E-state index is 0.0384. The molecule has 1 amide bonds. The van der Waals surface area contributed by atoms with Gasteiger partial charge in [-0.1, -0.05) is 19.9 Å². The molecule has 0 heterocycles. The van der Waals surface area contributed by atoms with Gasteiger partial charge in [-0.05, 0) is 80.6 Å². The van der Waals surface area contributed by atoms with E-state index in [0.717, 1.165) is 31.6 Å². The molecule has 2 aromatic rings. The van der Waals surface area contributed by atoms with E-state index in [-0.39, 0.29) is 5.91 Å². The van der Waals surface area contributed by atoms with Crippen LogP contribution in [-0.4, -0.2) is 12.5 Å². The Labute approximate surface area is 172 Å². The molecule has 0 bridgehead atoms. The van der Waals surface area contributed by atoms with Gasteiger partial charge in [0.25, 0.3) is 0 Å². The van der Waals surface area contributed by atoms with Crippen molar-refractivity contribution in [2.45, 2.75) is 33.7 Å². The van der Waals surface area contributed by atoms with Crippen molar-refractivity contribution in [3.05, 3.63) is 50.9 Å². The molecule has 6 heteroatoms. The van der Waals surface area contributed by atoms with Crippen LogP contribution in [-0.2, 0) is 11.3 Å². The van der Waals surface area contributed by atoms with Crippen LogP contribution in [0.5, 0.6) is 5.75 Å². The van der Waals surface area contributed by atoms with E-state index in [1.165, 1.54) is 0 Å². The number of anilines is 2. The lowest BCUT2D eigenvalue weighted by Gasteiger charge is -2.13. The summed E-state index contributed by atoms with van der Waals surface area (Å²) in [5.74, 6) is 1.19. The van der Waals surface area contributed by atoms with E-state index in [1.807, 2.05) is 57.2 Å². The van der Waals surface area contributed by atoms with Gasteiger partial charge in [-0.3, -0.25) is 4.79 Å². The first kappa shape index (κ1) is 20.8. The molecular formula is C20H24Br2N2O2. The molecule has 0 atom stereocenters. The van der Waals surface area contributed by atoms with Crippen molar-refractivity contribution in [1.29, 1.82) is 0 Å². The summed E-state index contributed by atoms with van der Waals surface area (Å²) in [7, 11) is 0. The molecule has 0 saturated heterocycles. The highest BCUT2D eigenvalue weighted by Gasteiger charge is 2.09. The Bertz CT molecular complexity index is 740. The van der Waals surface area contributed by atoms with Gasteiger partial charge in [-0.15, -0.1) is 0 Å². The van der Waals surface area contributed by atoms with Crippen LogP contribution in [0.2, 0.25) is 0 Å². The number of hydrogen-bond acceptors (Lipinski definition) is 3. The smallest absolute Gasteiger partial charge is 0.224 e. The lowest BCUT2D eigenvalue weighted by Crippen LogP contribution is -2.13. The number of nitrogens with one attached hydrogen (secondary N) is 2. The SMILES string of the molecule is CCOc1c(Br)cc(CNc2cccc(NC(=O)CC(C)C)c2)cc1Br. The highest BCUT2D eigenvalue weighted by molar-refractivity contribution is 9.11. The maximum Gasteiger partial charge on any atom is 0.224 e. The molecule has 0 aliphatic rings. The molecule has 0 spiro atoms. The third kappa shape index (κ3) is 6.32. The normalized spacial score (nSPS) is 10.7. The molecule has 2 N–H and O–H groups in total. The van der Waals surface area contributed by atoms with Crippen LogP contribution in [0.3, 0.4) is 0 Å². The number of amides is 1. The summed E-state index contributed by atoms with van der Waals surface area (Å²) in [5.41, 5.74) is 2.87. The van der Waals surface area contributed by atoms with Gasteiger partial charge in [0, 0.05) is 24.3 Å². The monoisotopic (exact) mass is 482 g/mol. The van der Waals surface area contributed by atoms with Gasteiger partial charge in [0.05, 0.1) is 15.6 Å². The summed E-state index contributed by atoms with van der Waals surface area (Å²) in [4.78, 5) is 11.9. The van der Waals surface area contributed by atoms with Crippen LogP contribution in [0, 0.1) is 5.92 Å². The van der Waals surface area contributed by atoms with Gasteiger partial charge in [-0.2, -0.15) is 0 Å². The molecule has 0 aliphatic carbocycles. The van der Waals surface area contributed by atoms with Gasteiger partial charge in [0.15, 0.2) is 0 Å². The van der Waals surface area contributed by atoms with E-state index in [4.69, 9.17) is 4.74 Å². The number of rotatable bonds is 8. The van der Waals surface area contributed by atoms with E-state index in [2.05, 4.69) is 42.5 Å². The molecule has 0 saturated carbocycles. The Balaban J connectivity index is 2.01. The summed E-state index contributed by atoms with van der Waals surface area (Å²) in [6, 6.07) is 11.8. The van der Waals surface area contributed by atoms with E-state index in [9.17, 15) is 4.79 Å². The van der Waals surface area contributed by atoms with E-state index < -0.39 is 0 Å². The molecule has 140 valence electrons. The number of benzene rings is 2. The third-order valence-electron chi connectivity index (χ3n) is 3.58. The average molecular weight is 484 g/mol. The number of carbonyl (C=O) groups excluding carboxylic acids is 1. The number of ether oxygens (including phenoxy) is 1. The van der Waals surface area contributed by atoms with E-state index in [0.29, 0.717) is 25.5 Å². The van der Waals surface area contributed by atoms with Crippen molar-refractivity contribution in [2.75, 3.05) is 17.2 Å². The number of halogens is 2. The fraction of sp³-hybridized carbons (Fsp3) is 0.350. The molecule has 0 unspecified atom stereocenters. The molecule has 0 aromatic heterocycles. The summed E-state index contributed by atoms with van der Waals surface area (Å²) in [6.07, 6.45) is 0.520. The molecule has 26 heavy (non-hydrogen) atoms. The molecule has 2 rings (SSSR count). The van der Waals surface area contributed by atoms with Gasteiger partial charge >= 0.3 is 0 Å². The molecule has 4 nitrogen and oxygen atoms in total. The van der Waals surface area contributed by atoms with Crippen molar-refractivity contribution >= 4 is 49.1 Å². The van der Waals surface area contributed by atoms with Crippen LogP contribution in [0.4, 0.5) is 11.4 Å². The van der Waals surface area contributed by atoms with Crippen molar-refractivity contribution < 1.29 is 9.53 Å². The van der Waals surface area contributed by atoms with Crippen LogP contribution in [0.1, 0.15) is 32.8 Å². The van der Waals surface area contributed by atoms with Crippen LogP contribution < -0.4 is 15.4 Å². The maximum atomic E-state index is 11.9. The van der Waals surface area contributed by atoms with Crippen molar-refractivity contribution in [3.8, 4) is 5.75 Å². The average Bonchev–Trinajstić information content (AvgIpc) is 2.56. The highest BCUT2D eigenvalue weighted by atomic mass is 79.9. The van der Waals surface area contributed by atoms with Gasteiger partial charge in [-0.25, -0.2) is 0 Å². The lowest BCUT2D eigenvalue weighted by molar-refractivity contribution is -0.116. The van der Waals surface area contributed by atoms with E-state index >= 15 is 0 Å². The minimum absolute atomic E-state index is 0.0384. The van der Waals surface area contributed by atoms with Crippen molar-refractivity contribution in [3.63, 3.8) is 0 Å². The largest absolute Gasteiger partial charge is 0.492 e. The van der Waals surface area contributed by atoms with Crippen molar-refractivity contribution in [2.24, 2.45) is 5.92 Å². The molecule has 2 aromatic carbocycles. The summed E-state index contributed by atoms with van der Waals surface area (Å²) >= 11 is 7.11. The standard InChI is InChI=1S/C20H24Br2N2O2/c1-4-26-20-17(21)9-14(10-18(20)22)12-23-15-6-5-7-16(11-15)24-19(25)8-13(2)3/h5-7,9-11,13,23H,4,8,12H2,1-3H3,(H,24,25). The topological polar surface area (TPSA) is 50.4 Å². The van der Waals surface area contributed by atoms with Gasteiger partial charge in [0.1, 0.15) is 5.75 Å². The van der Waals surface area contributed by atoms with Gasteiger partial charge in [0.2, 0.25) is 5.91 Å². The van der Waals surface area contributed by atoms with Crippen LogP contribution in [0.15, 0.2) is 45.3 Å². The maximum absolute atomic E-state index is 11.9. The second-order valence-electron chi connectivity index (χ2n) is 6.40. The fourth-order valence-corrected chi connectivity index (χ4v) is 4.00. The predicted molar refractivity (Wildman–Crippen MR) is 115 cm³/mol. The Morgan fingerprint density at radius 1 is 1.12 bits per heavy atom. The van der Waals surface area contributed by atoms with E-state index in [1.54, 1.807) is 0 Å². The second kappa shape index (κ2) is 9.97. The number of carbonyl (C=O) groups is 1. The molecule has 0 fully saturated rings. The zero-order valence-electron chi connectivity index (χ0n) is 15.2. The Kier molecular flexibility index (Phi) is 7.97. The first-order valence-corrected chi connectivity index (χ1v) is 10.2. The molecular weight excluding hydrogens is 460 g/mol. The first-order valence-electron chi connectivity index (χ1n) is 8.63. The molecule has 0 radical (unpaired) electrons. The Hall–Kier alpha value is -1.53. The zero-order chi connectivity index (χ0) is 19.1. The zero-order valence-corrected chi connectivity index (χ0v) is 18.4. The van der Waals surface area contributed by atoms with Crippen LogP contribution in [0.25, 0.3) is 0 Å². The summed E-state index contributed by atoms with van der Waals surface area (Å²) in [6.45, 7) is 7.30. The summed E-state index contributed by atoms with van der Waals surface area (Å²) < 4.78 is 7.44. The lowest BCUT2D eigenvalue weighted by atomic mass is 10.1. The van der Waals surface area contributed by atoms with Crippen LogP contribution >= 0.6 is 31.9 Å². The van der Waals surface area contributed by atoms with Crippen molar-refractivity contribution in [1.82, 2.24) is 0 Å². The summed E-state index contributed by atoms with van der Waals surface area (Å²) in [5, 5.41) is 6.33. The first-order chi connectivity index (χ1) is 12.4. The third-order valence-corrected chi connectivity index (χ3v) is 4.76. The second-order valence-corrected chi connectivity index (χ2v) is 8.11. The fourth-order valence-electron chi connectivity index (χ4n) is 2.49. The number of hydrogen-bond donors (Lipinski definition) is 2. The predicted octanol–water partition coefficient (Wildman–Crippen LogP) is 6.21. The van der Waals surface area contributed by atoms with Gasteiger partial charge < -0.3 is 15.4 Å². The highest BCUT2D eigenvalue weighted by Crippen LogP contribution is 2.35. The Morgan fingerprint density at radius 3 is 2.38 bits per heavy atom. The quantitative estimate of drug-likeness (QED) is 0.469.